The Morgan fingerprint density at radius 3 is 1.77 bits per heavy atom. The molecule has 0 rings (SSSR count). The predicted molar refractivity (Wildman–Crippen MR) is 108 cm³/mol. The van der Waals surface area contributed by atoms with E-state index in [4.69, 9.17) is 21.7 Å². The van der Waals surface area contributed by atoms with Gasteiger partial charge >= 0.3 is 11.9 Å². The normalized spacial score (nSPS) is 14.4. The van der Waals surface area contributed by atoms with E-state index in [1.807, 2.05) is 0 Å². The van der Waals surface area contributed by atoms with Gasteiger partial charge in [0.2, 0.25) is 23.6 Å². The van der Waals surface area contributed by atoms with Crippen molar-refractivity contribution in [2.45, 2.75) is 49.9 Å². The number of aliphatic hydroxyl groups excluding tert-OH is 1. The zero-order valence-electron chi connectivity index (χ0n) is 16.4. The maximum absolute atomic E-state index is 12.3. The topological polar surface area (TPSA) is 251 Å². The van der Waals surface area contributed by atoms with Gasteiger partial charge in [-0.25, -0.2) is 4.79 Å². The van der Waals surface area contributed by atoms with Crippen molar-refractivity contribution >= 4 is 48.2 Å². The fourth-order valence-corrected chi connectivity index (χ4v) is 2.42. The van der Waals surface area contributed by atoms with Crippen LogP contribution < -0.4 is 27.4 Å². The minimum atomic E-state index is -1.51. The highest BCUT2D eigenvalue weighted by Gasteiger charge is 2.29. The lowest BCUT2D eigenvalue weighted by molar-refractivity contribution is -0.142. The summed E-state index contributed by atoms with van der Waals surface area (Å²) in [5.74, 6) is -6.42. The number of carboxylic acids is 2. The van der Waals surface area contributed by atoms with Crippen molar-refractivity contribution in [1.29, 1.82) is 0 Å². The van der Waals surface area contributed by atoms with Gasteiger partial charge in [-0.3, -0.25) is 24.0 Å². The van der Waals surface area contributed by atoms with E-state index in [2.05, 4.69) is 28.6 Å². The van der Waals surface area contributed by atoms with E-state index in [0.717, 1.165) is 0 Å². The van der Waals surface area contributed by atoms with Crippen LogP contribution in [0, 0.1) is 0 Å². The fourth-order valence-electron chi connectivity index (χ4n) is 2.17. The van der Waals surface area contributed by atoms with Gasteiger partial charge in [0, 0.05) is 18.6 Å². The number of rotatable bonds is 15. The van der Waals surface area contributed by atoms with Crippen LogP contribution in [0.25, 0.3) is 0 Å². The lowest BCUT2D eigenvalue weighted by Crippen LogP contribution is -2.58. The monoisotopic (exact) mass is 465 g/mol. The molecule has 14 nitrogen and oxygen atoms in total. The molecule has 0 aliphatic carbocycles. The summed E-state index contributed by atoms with van der Waals surface area (Å²) in [5.41, 5.74) is 10.5. The molecule has 0 saturated carbocycles. The van der Waals surface area contributed by atoms with Crippen molar-refractivity contribution in [2.24, 2.45) is 11.5 Å². The van der Waals surface area contributed by atoms with Crippen molar-refractivity contribution < 1.29 is 44.1 Å². The molecule has 4 amide bonds. The first-order chi connectivity index (χ1) is 14.4. The van der Waals surface area contributed by atoms with Gasteiger partial charge in [-0.1, -0.05) is 0 Å². The standard InChI is InChI=1S/C16H27N5O9S/c17-7(1-4-12(24)25)13(26)20-9(5-22)14(27)21-10(6-31)15(28)19-8(16(29)30)2-3-11(18)23/h7-10,22,31H,1-6,17H2,(H2,18,23)(H,19,28)(H,20,26)(H,21,27)(H,24,25)(H,29,30). The second-order valence-corrected chi connectivity index (χ2v) is 6.80. The molecular weight excluding hydrogens is 438 g/mol. The van der Waals surface area contributed by atoms with Gasteiger partial charge in [-0.15, -0.1) is 0 Å². The highest BCUT2D eigenvalue weighted by Crippen LogP contribution is 2.01. The zero-order chi connectivity index (χ0) is 24.1. The summed E-state index contributed by atoms with van der Waals surface area (Å²) in [5, 5.41) is 33.5. The number of nitrogens with two attached hydrogens (primary N) is 2. The summed E-state index contributed by atoms with van der Waals surface area (Å²) in [6.07, 6.45) is -1.15. The minimum Gasteiger partial charge on any atom is -0.481 e. The molecule has 0 spiro atoms. The number of nitrogens with one attached hydrogen (secondary N) is 3. The van der Waals surface area contributed by atoms with Crippen LogP contribution in [0.2, 0.25) is 0 Å². The molecule has 31 heavy (non-hydrogen) atoms. The van der Waals surface area contributed by atoms with Crippen molar-refractivity contribution in [3.05, 3.63) is 0 Å². The number of carbonyl (C=O) groups is 6. The van der Waals surface area contributed by atoms with Crippen LogP contribution in [-0.2, 0) is 28.8 Å². The second-order valence-electron chi connectivity index (χ2n) is 6.43. The predicted octanol–water partition coefficient (Wildman–Crippen LogP) is -4.09. The maximum Gasteiger partial charge on any atom is 0.326 e. The Kier molecular flexibility index (Phi) is 12.8. The highest BCUT2D eigenvalue weighted by molar-refractivity contribution is 7.80. The molecule has 0 aromatic carbocycles. The Morgan fingerprint density at radius 1 is 0.806 bits per heavy atom. The summed E-state index contributed by atoms with van der Waals surface area (Å²) in [4.78, 5) is 69.1. The summed E-state index contributed by atoms with van der Waals surface area (Å²) in [6.45, 7) is -0.861. The van der Waals surface area contributed by atoms with E-state index in [-0.39, 0.29) is 31.4 Å². The van der Waals surface area contributed by atoms with E-state index < -0.39 is 66.3 Å². The van der Waals surface area contributed by atoms with E-state index in [0.29, 0.717) is 0 Å². The van der Waals surface area contributed by atoms with E-state index in [1.54, 1.807) is 0 Å². The molecule has 0 aromatic heterocycles. The molecule has 4 atom stereocenters. The SMILES string of the molecule is NC(=O)CCC(NC(=O)C(CS)NC(=O)C(CO)NC(=O)C(N)CCC(=O)O)C(=O)O. The van der Waals surface area contributed by atoms with Crippen LogP contribution in [0.5, 0.6) is 0 Å². The largest absolute Gasteiger partial charge is 0.481 e. The average Bonchev–Trinajstić information content (AvgIpc) is 2.70. The van der Waals surface area contributed by atoms with Crippen LogP contribution in [-0.4, -0.2) is 87.4 Å². The number of thiol groups is 1. The van der Waals surface area contributed by atoms with Gasteiger partial charge in [-0.05, 0) is 12.8 Å². The van der Waals surface area contributed by atoms with Crippen molar-refractivity contribution in [2.75, 3.05) is 12.4 Å². The molecule has 0 aliphatic heterocycles. The molecule has 176 valence electrons. The average molecular weight is 465 g/mol. The van der Waals surface area contributed by atoms with E-state index >= 15 is 0 Å². The molecule has 15 heteroatoms. The molecule has 0 aliphatic rings. The van der Waals surface area contributed by atoms with Gasteiger partial charge in [0.25, 0.3) is 0 Å². The van der Waals surface area contributed by atoms with Crippen LogP contribution in [0.1, 0.15) is 25.7 Å². The van der Waals surface area contributed by atoms with E-state index in [9.17, 15) is 33.9 Å². The number of hydrogen-bond donors (Lipinski definition) is 9. The number of aliphatic hydroxyl groups is 1. The van der Waals surface area contributed by atoms with Gasteiger partial charge in [0.15, 0.2) is 0 Å². The highest BCUT2D eigenvalue weighted by atomic mass is 32.1. The van der Waals surface area contributed by atoms with Gasteiger partial charge in [-0.2, -0.15) is 12.6 Å². The third-order valence-corrected chi connectivity index (χ3v) is 4.30. The van der Waals surface area contributed by atoms with Crippen molar-refractivity contribution in [3.63, 3.8) is 0 Å². The summed E-state index contributed by atoms with van der Waals surface area (Å²) >= 11 is 3.91. The molecule has 4 unspecified atom stereocenters. The first-order valence-electron chi connectivity index (χ1n) is 9.04. The Labute approximate surface area is 182 Å². The second kappa shape index (κ2) is 14.2. The third-order valence-electron chi connectivity index (χ3n) is 3.93. The number of carboxylic acid groups (broad SMARTS) is 2. The number of aliphatic carboxylic acids is 2. The Morgan fingerprint density at radius 2 is 1.32 bits per heavy atom. The van der Waals surface area contributed by atoms with Crippen molar-refractivity contribution in [3.8, 4) is 0 Å². The number of hydrogen-bond acceptors (Lipinski definition) is 9. The lowest BCUT2D eigenvalue weighted by atomic mass is 10.1. The maximum atomic E-state index is 12.3. The molecule has 10 N–H and O–H groups in total. The molecule has 0 bridgehead atoms. The molecule has 0 saturated heterocycles. The number of amides is 4. The van der Waals surface area contributed by atoms with Crippen molar-refractivity contribution in [1.82, 2.24) is 16.0 Å². The first-order valence-corrected chi connectivity index (χ1v) is 9.67. The Bertz CT molecular complexity index is 690. The first kappa shape index (κ1) is 28.1. The van der Waals surface area contributed by atoms with Gasteiger partial charge in [0.05, 0.1) is 12.6 Å². The van der Waals surface area contributed by atoms with Crippen LogP contribution in [0.15, 0.2) is 0 Å². The van der Waals surface area contributed by atoms with Crippen LogP contribution >= 0.6 is 12.6 Å². The summed E-state index contributed by atoms with van der Waals surface area (Å²) in [6, 6.07) is -5.54. The van der Waals surface area contributed by atoms with Crippen LogP contribution in [0.4, 0.5) is 0 Å². The molecule has 0 heterocycles. The molecule has 0 radical (unpaired) electrons. The molecule has 0 aromatic rings. The number of primary amides is 1. The Balaban J connectivity index is 4.97. The molecular formula is C16H27N5O9S. The summed E-state index contributed by atoms with van der Waals surface area (Å²) in [7, 11) is 0. The van der Waals surface area contributed by atoms with Gasteiger partial charge < -0.3 is 42.7 Å². The molecule has 0 fully saturated rings. The van der Waals surface area contributed by atoms with E-state index in [1.165, 1.54) is 0 Å². The fraction of sp³-hybridized carbons (Fsp3) is 0.625. The zero-order valence-corrected chi connectivity index (χ0v) is 17.3. The lowest BCUT2D eigenvalue weighted by Gasteiger charge is -2.23. The quantitative estimate of drug-likeness (QED) is 0.106. The van der Waals surface area contributed by atoms with Crippen LogP contribution in [0.3, 0.4) is 0 Å². The minimum absolute atomic E-state index is 0.204. The smallest absolute Gasteiger partial charge is 0.326 e. The van der Waals surface area contributed by atoms with Gasteiger partial charge in [0.1, 0.15) is 18.1 Å². The number of carbonyl (C=O) groups excluding carboxylic acids is 4. The Hall–Kier alpha value is -2.91. The third kappa shape index (κ3) is 11.2. The summed E-state index contributed by atoms with van der Waals surface area (Å²) < 4.78 is 0.